The average Bonchev–Trinajstić information content (AvgIpc) is 2.40. The highest BCUT2D eigenvalue weighted by Gasteiger charge is 2.57. The van der Waals surface area contributed by atoms with Crippen LogP contribution in [0.15, 0.2) is 0 Å². The lowest BCUT2D eigenvalue weighted by Crippen LogP contribution is -2.56. The largest absolute Gasteiger partial charge is 0.522 e. The van der Waals surface area contributed by atoms with Crippen LogP contribution >= 0.6 is 0 Å². The highest BCUT2D eigenvalue weighted by Crippen LogP contribution is 2.52. The first kappa shape index (κ1) is 20.6. The van der Waals surface area contributed by atoms with E-state index in [9.17, 15) is 22.0 Å². The average molecular weight is 347 g/mol. The number of piperidine rings is 1. The molecule has 0 aromatic rings. The molecule has 0 spiro atoms. The molecule has 3 nitrogen and oxygen atoms in total. The first-order chi connectivity index (χ1) is 10.6. The van der Waals surface area contributed by atoms with E-state index >= 15 is 0 Å². The molecule has 23 heavy (non-hydrogen) atoms. The number of rotatable bonds is 5. The van der Waals surface area contributed by atoms with Crippen molar-refractivity contribution in [1.29, 1.82) is 0 Å². The lowest BCUT2D eigenvalue weighted by Gasteiger charge is -2.50. The quantitative estimate of drug-likeness (QED) is 0.700. The third kappa shape index (κ3) is 6.51. The Kier molecular flexibility index (Phi) is 7.22. The second-order valence-electron chi connectivity index (χ2n) is 6.18. The van der Waals surface area contributed by atoms with Crippen LogP contribution in [-0.4, -0.2) is 56.6 Å². The Balaban J connectivity index is 0.00000127. The van der Waals surface area contributed by atoms with Gasteiger partial charge in [0.05, 0.1) is 12.7 Å². The molecular formula is C15H26F5NO2. The summed E-state index contributed by atoms with van der Waals surface area (Å²) < 4.78 is 71.7. The molecule has 1 aliphatic carbocycles. The van der Waals surface area contributed by atoms with Crippen LogP contribution in [-0.2, 0) is 9.47 Å². The molecule has 0 unspecified atom stereocenters. The smallest absolute Gasteiger partial charge is 0.384 e. The summed E-state index contributed by atoms with van der Waals surface area (Å²) in [4.78, 5) is 1.94. The van der Waals surface area contributed by atoms with Crippen molar-refractivity contribution in [2.24, 2.45) is 5.41 Å². The predicted octanol–water partition coefficient (Wildman–Crippen LogP) is 4.08. The Morgan fingerprint density at radius 3 is 2.00 bits per heavy atom. The first-order valence-corrected chi connectivity index (χ1v) is 7.97. The zero-order valence-corrected chi connectivity index (χ0v) is 13.9. The van der Waals surface area contributed by atoms with Crippen molar-refractivity contribution in [1.82, 2.24) is 4.90 Å². The van der Waals surface area contributed by atoms with Gasteiger partial charge in [-0.1, -0.05) is 13.8 Å². The number of nitrogens with zero attached hydrogens (tertiary/aromatic N) is 1. The molecule has 0 N–H and O–H groups in total. The summed E-state index contributed by atoms with van der Waals surface area (Å²) in [6, 6.07) is 0. The predicted molar refractivity (Wildman–Crippen MR) is 76.4 cm³/mol. The number of methoxy groups -OCH3 is 1. The van der Waals surface area contributed by atoms with Gasteiger partial charge in [-0.2, -0.15) is 0 Å². The van der Waals surface area contributed by atoms with Gasteiger partial charge in [0.1, 0.15) is 0 Å². The fourth-order valence-corrected chi connectivity index (χ4v) is 3.46. The summed E-state index contributed by atoms with van der Waals surface area (Å²) in [5, 5.41) is 0. The minimum absolute atomic E-state index is 0.215. The van der Waals surface area contributed by atoms with E-state index in [0.29, 0.717) is 19.6 Å². The van der Waals surface area contributed by atoms with E-state index in [1.165, 1.54) is 7.11 Å². The van der Waals surface area contributed by atoms with Gasteiger partial charge in [-0.15, -0.1) is 13.2 Å². The Morgan fingerprint density at radius 2 is 1.61 bits per heavy atom. The summed E-state index contributed by atoms with van der Waals surface area (Å²) in [5.74, 6) is -2.64. The second-order valence-corrected chi connectivity index (χ2v) is 6.18. The summed E-state index contributed by atoms with van der Waals surface area (Å²) >= 11 is 0. The van der Waals surface area contributed by atoms with Crippen LogP contribution in [0.5, 0.6) is 0 Å². The molecule has 1 saturated carbocycles. The Hall–Kier alpha value is -0.470. The summed E-state index contributed by atoms with van der Waals surface area (Å²) in [6.07, 6.45) is -5.35. The zero-order valence-electron chi connectivity index (χ0n) is 13.9. The molecule has 0 radical (unpaired) electrons. The minimum Gasteiger partial charge on any atom is -0.384 e. The number of hydrogen-bond donors (Lipinski definition) is 0. The summed E-state index contributed by atoms with van der Waals surface area (Å²) in [5.41, 5.74) is -0.573. The number of likely N-dealkylation sites (tertiary alicyclic amines) is 1. The van der Waals surface area contributed by atoms with Crippen LogP contribution < -0.4 is 0 Å². The highest BCUT2D eigenvalue weighted by molar-refractivity contribution is 5.01. The van der Waals surface area contributed by atoms with Gasteiger partial charge in [0.15, 0.2) is 0 Å². The SMILES string of the molecule is CC.COCC1(CN2CCC(OC(F)(F)F)CC2)CC(F)(F)C1. The van der Waals surface area contributed by atoms with E-state index in [2.05, 4.69) is 4.74 Å². The van der Waals surface area contributed by atoms with Gasteiger partial charge < -0.3 is 9.64 Å². The lowest BCUT2D eigenvalue weighted by atomic mass is 9.66. The van der Waals surface area contributed by atoms with Gasteiger partial charge in [0.25, 0.3) is 0 Å². The molecule has 2 rings (SSSR count). The Labute approximate surface area is 134 Å². The molecule has 0 bridgehead atoms. The number of hydrogen-bond acceptors (Lipinski definition) is 3. The van der Waals surface area contributed by atoms with Crippen LogP contribution in [0, 0.1) is 5.41 Å². The minimum atomic E-state index is -4.61. The first-order valence-electron chi connectivity index (χ1n) is 7.97. The lowest BCUT2D eigenvalue weighted by molar-refractivity contribution is -0.346. The topological polar surface area (TPSA) is 21.7 Å². The standard InChI is InChI=1S/C13H20F5NO2.C2H6/c1-20-9-11(6-12(14,15)7-11)8-19-4-2-10(3-5-19)21-13(16,17)18;1-2/h10H,2-9H2,1H3;1-2H3. The molecular weight excluding hydrogens is 321 g/mol. The van der Waals surface area contributed by atoms with Crippen molar-refractivity contribution in [2.75, 3.05) is 33.4 Å². The van der Waals surface area contributed by atoms with Gasteiger partial charge in [0, 0.05) is 45.0 Å². The van der Waals surface area contributed by atoms with Crippen molar-refractivity contribution in [3.8, 4) is 0 Å². The van der Waals surface area contributed by atoms with Crippen molar-refractivity contribution in [3.05, 3.63) is 0 Å². The van der Waals surface area contributed by atoms with E-state index in [1.807, 2.05) is 18.7 Å². The Bertz CT molecular complexity index is 346. The van der Waals surface area contributed by atoms with E-state index in [0.717, 1.165) is 0 Å². The second kappa shape index (κ2) is 8.07. The number of alkyl halides is 5. The maximum Gasteiger partial charge on any atom is 0.522 e. The van der Waals surface area contributed by atoms with Crippen molar-refractivity contribution in [2.45, 2.75) is 57.9 Å². The van der Waals surface area contributed by atoms with Gasteiger partial charge in [-0.25, -0.2) is 8.78 Å². The highest BCUT2D eigenvalue weighted by atomic mass is 19.4. The third-order valence-electron chi connectivity index (χ3n) is 4.11. The molecule has 0 atom stereocenters. The molecule has 0 aromatic carbocycles. The van der Waals surface area contributed by atoms with Crippen LogP contribution in [0.3, 0.4) is 0 Å². The van der Waals surface area contributed by atoms with Gasteiger partial charge in [0.2, 0.25) is 5.92 Å². The summed E-state index contributed by atoms with van der Waals surface area (Å²) in [6.45, 7) is 5.55. The van der Waals surface area contributed by atoms with Gasteiger partial charge >= 0.3 is 6.36 Å². The normalized spacial score (nSPS) is 24.5. The van der Waals surface area contributed by atoms with E-state index in [-0.39, 0.29) is 32.3 Å². The third-order valence-corrected chi connectivity index (χ3v) is 4.11. The number of ether oxygens (including phenoxy) is 2. The van der Waals surface area contributed by atoms with E-state index in [1.54, 1.807) is 0 Å². The van der Waals surface area contributed by atoms with Gasteiger partial charge in [-0.05, 0) is 12.8 Å². The zero-order chi connectivity index (χ0) is 17.7. The maximum absolute atomic E-state index is 13.1. The molecule has 1 saturated heterocycles. The van der Waals surface area contributed by atoms with Gasteiger partial charge in [-0.3, -0.25) is 4.74 Å². The number of halogens is 5. The van der Waals surface area contributed by atoms with E-state index in [4.69, 9.17) is 4.74 Å². The molecule has 8 heteroatoms. The monoisotopic (exact) mass is 347 g/mol. The van der Waals surface area contributed by atoms with Crippen LogP contribution in [0.1, 0.15) is 39.5 Å². The molecule has 0 aromatic heterocycles. The van der Waals surface area contributed by atoms with Crippen molar-refractivity contribution >= 4 is 0 Å². The molecule has 2 aliphatic rings. The van der Waals surface area contributed by atoms with Crippen molar-refractivity contribution in [3.63, 3.8) is 0 Å². The van der Waals surface area contributed by atoms with Crippen LogP contribution in [0.2, 0.25) is 0 Å². The molecule has 1 heterocycles. The molecule has 1 aliphatic heterocycles. The summed E-state index contributed by atoms with van der Waals surface area (Å²) in [7, 11) is 1.47. The van der Waals surface area contributed by atoms with Crippen LogP contribution in [0.25, 0.3) is 0 Å². The molecule has 2 fully saturated rings. The molecule has 138 valence electrons. The Morgan fingerprint density at radius 1 is 1.09 bits per heavy atom. The van der Waals surface area contributed by atoms with E-state index < -0.39 is 23.8 Å². The fourth-order valence-electron chi connectivity index (χ4n) is 3.46. The maximum atomic E-state index is 13.1. The fraction of sp³-hybridized carbons (Fsp3) is 1.00. The molecule has 0 amide bonds. The van der Waals surface area contributed by atoms with Crippen molar-refractivity contribution < 1.29 is 31.4 Å². The van der Waals surface area contributed by atoms with Crippen LogP contribution in [0.4, 0.5) is 22.0 Å².